The largest absolute Gasteiger partial charge is 0.491 e. The van der Waals surface area contributed by atoms with Crippen LogP contribution in [0.5, 0.6) is 5.75 Å². The molecule has 4 heteroatoms. The van der Waals surface area contributed by atoms with Crippen molar-refractivity contribution >= 4 is 0 Å². The van der Waals surface area contributed by atoms with E-state index in [0.29, 0.717) is 12.8 Å². The van der Waals surface area contributed by atoms with Gasteiger partial charge in [-0.1, -0.05) is 25.8 Å². The Kier molecular flexibility index (Phi) is 2.52. The van der Waals surface area contributed by atoms with Gasteiger partial charge in [0.05, 0.1) is 12.0 Å². The van der Waals surface area contributed by atoms with Gasteiger partial charge in [-0.2, -0.15) is 0 Å². The molecular formula is C18H29NO3. The molecule has 1 saturated carbocycles. The number of hydrogen-bond donors (Lipinski definition) is 2. The van der Waals surface area contributed by atoms with E-state index in [1.54, 1.807) is 5.32 Å². The van der Waals surface area contributed by atoms with Crippen molar-refractivity contribution in [2.24, 2.45) is 5.92 Å². The van der Waals surface area contributed by atoms with Crippen LogP contribution in [-0.2, 0) is 11.1 Å². The average Bonchev–Trinajstić information content (AvgIpc) is 3.55. The van der Waals surface area contributed by atoms with E-state index in [1.807, 2.05) is 0 Å². The van der Waals surface area contributed by atoms with E-state index in [4.69, 9.17) is 30.0 Å². The molecule has 1 unspecified atom stereocenters. The summed E-state index contributed by atoms with van der Waals surface area (Å²) in [5.74, 6) is -0.552. The van der Waals surface area contributed by atoms with Gasteiger partial charge in [0.25, 0.3) is 0 Å². The molecule has 2 rings (SSSR count). The minimum Gasteiger partial charge on any atom is -0.491 e. The van der Waals surface area contributed by atoms with Gasteiger partial charge in [0.2, 0.25) is 0 Å². The Labute approximate surface area is 154 Å². The molecule has 22 heavy (non-hydrogen) atoms. The van der Waals surface area contributed by atoms with Gasteiger partial charge < -0.3 is 19.9 Å². The third kappa shape index (κ3) is 7.25. The third-order valence-corrected chi connectivity index (χ3v) is 2.68. The molecular weight excluding hydrogens is 278 g/mol. The van der Waals surface area contributed by atoms with Gasteiger partial charge >= 0.3 is 0 Å². The second kappa shape index (κ2) is 9.13. The lowest BCUT2D eigenvalue weighted by Crippen LogP contribution is -2.35. The minimum atomic E-state index is -3.48. The number of aryl methyl sites for hydroxylation is 1. The van der Waals surface area contributed by atoms with E-state index in [0.717, 1.165) is 12.1 Å². The van der Waals surface area contributed by atoms with Crippen LogP contribution in [0.4, 0.5) is 0 Å². The Morgan fingerprint density at radius 3 is 2.86 bits per heavy atom. The maximum Gasteiger partial charge on any atom is 0.119 e. The van der Waals surface area contributed by atoms with Gasteiger partial charge in [-0.15, -0.1) is 0 Å². The van der Waals surface area contributed by atoms with Crippen molar-refractivity contribution < 1.29 is 35.1 Å². The highest BCUT2D eigenvalue weighted by Gasteiger charge is 2.20. The average molecular weight is 323 g/mol. The number of ether oxygens (including phenoxy) is 2. The molecule has 0 aromatic heterocycles. The van der Waals surface area contributed by atoms with Crippen LogP contribution in [-0.4, -0.2) is 43.5 Å². The van der Waals surface area contributed by atoms with Crippen molar-refractivity contribution in [2.75, 3.05) is 26.2 Å². The van der Waals surface area contributed by atoms with Crippen LogP contribution < -0.4 is 10.1 Å². The van der Waals surface area contributed by atoms with Crippen molar-refractivity contribution in [1.82, 2.24) is 5.32 Å². The van der Waals surface area contributed by atoms with Crippen LogP contribution in [0.2, 0.25) is 0 Å². The summed E-state index contributed by atoms with van der Waals surface area (Å²) in [5, 5.41) is 11.8. The van der Waals surface area contributed by atoms with Crippen molar-refractivity contribution in [3.63, 3.8) is 0 Å². The maximum absolute atomic E-state index is 10.2. The zero-order chi connectivity index (χ0) is 28.9. The molecule has 1 fully saturated rings. The molecule has 0 amide bonds. The molecule has 0 heterocycles. The first kappa shape index (κ1) is 6.08. The van der Waals surface area contributed by atoms with E-state index < -0.39 is 64.3 Å². The highest BCUT2D eigenvalue weighted by molar-refractivity contribution is 5.27. The molecule has 1 atom stereocenters. The van der Waals surface area contributed by atoms with E-state index in [1.165, 1.54) is 12.1 Å². The number of rotatable bonds is 11. The molecule has 1 aliphatic rings. The third-order valence-electron chi connectivity index (χ3n) is 2.68. The summed E-state index contributed by atoms with van der Waals surface area (Å²) in [6.45, 7) is -16.2. The number of nitrogens with one attached hydrogen (secondary N) is 1. The summed E-state index contributed by atoms with van der Waals surface area (Å²) in [5.41, 5.74) is -0.219. The summed E-state index contributed by atoms with van der Waals surface area (Å²) in [4.78, 5) is 0. The van der Waals surface area contributed by atoms with Gasteiger partial charge in [0, 0.05) is 34.2 Å². The highest BCUT2D eigenvalue weighted by atomic mass is 16.5. The maximum atomic E-state index is 10.2. The van der Waals surface area contributed by atoms with E-state index in [2.05, 4.69) is 0 Å². The Bertz CT molecular complexity index is 912. The monoisotopic (exact) mass is 322 g/mol. The van der Waals surface area contributed by atoms with Crippen LogP contribution >= 0.6 is 0 Å². The number of benzene rings is 1. The Hall–Kier alpha value is -1.10. The van der Waals surface area contributed by atoms with Crippen molar-refractivity contribution in [2.45, 2.75) is 45.0 Å². The molecule has 0 bridgehead atoms. The van der Waals surface area contributed by atoms with E-state index in [9.17, 15) is 5.11 Å². The Morgan fingerprint density at radius 1 is 1.41 bits per heavy atom. The second-order valence-corrected chi connectivity index (χ2v) is 4.72. The molecule has 1 aliphatic carbocycles. The summed E-state index contributed by atoms with van der Waals surface area (Å²) in [7, 11) is 0. The zero-order valence-corrected chi connectivity index (χ0v) is 11.8. The summed E-state index contributed by atoms with van der Waals surface area (Å²) >= 11 is 0. The van der Waals surface area contributed by atoms with Crippen LogP contribution in [0.15, 0.2) is 24.3 Å². The summed E-state index contributed by atoms with van der Waals surface area (Å²) < 4.78 is 126. The highest BCUT2D eigenvalue weighted by Crippen LogP contribution is 2.28. The predicted molar refractivity (Wildman–Crippen MR) is 88.3 cm³/mol. The molecule has 4 nitrogen and oxygen atoms in total. The molecule has 124 valence electrons. The lowest BCUT2D eigenvalue weighted by molar-refractivity contribution is 0.104. The standard InChI is InChI=1S/C18H29NO3/c1-14(2)19-11-17(20)13-22-18-7-5-15(6-8-18)9-10-21-12-16-3-4-16/h5-8,14,16-17,19-20H,3-4,9-13H2,1-2H3/i1D3,2D3,9D2,10D2,11D2,12D2,14D. The molecule has 1 aromatic carbocycles. The molecule has 1 aromatic rings. The first-order chi connectivity index (χ1) is 16.4. The normalized spacial score (nSPS) is 30.3. The Balaban J connectivity index is 2.09. The second-order valence-electron chi connectivity index (χ2n) is 4.72. The fourth-order valence-electron chi connectivity index (χ4n) is 1.41. The molecule has 0 radical (unpaired) electrons. The minimum absolute atomic E-state index is 0.0343. The number of hydrogen-bond acceptors (Lipinski definition) is 4. The Morgan fingerprint density at radius 2 is 2.18 bits per heavy atom. The van der Waals surface area contributed by atoms with Gasteiger partial charge in [-0.25, -0.2) is 0 Å². The number of aliphatic hydroxyl groups excluding tert-OH is 1. The quantitative estimate of drug-likeness (QED) is 0.657. The van der Waals surface area contributed by atoms with Gasteiger partial charge in [0.15, 0.2) is 0 Å². The fourth-order valence-corrected chi connectivity index (χ4v) is 1.41. The van der Waals surface area contributed by atoms with Crippen molar-refractivity contribution in [1.29, 1.82) is 0 Å². The number of aliphatic hydroxyl groups is 1. The predicted octanol–water partition coefficient (Wildman–Crippen LogP) is 2.39. The van der Waals surface area contributed by atoms with E-state index >= 15 is 0 Å². The first-order valence-electron chi connectivity index (χ1n) is 14.3. The molecule has 0 saturated heterocycles. The lowest BCUT2D eigenvalue weighted by atomic mass is 10.1. The van der Waals surface area contributed by atoms with Crippen LogP contribution in [0.3, 0.4) is 0 Å². The SMILES string of the molecule is [2H]C([2H])(NC([2H])(C([2H])([2H])[2H])C([2H])([2H])[2H])C(O)COc1ccc(C([2H])([2H])C([2H])([2H])OC([2H])([2H])C2CC2)cc1. The molecule has 0 aliphatic heterocycles. The summed E-state index contributed by atoms with van der Waals surface area (Å²) in [6.07, 6.45) is -3.91. The van der Waals surface area contributed by atoms with Gasteiger partial charge in [-0.3, -0.25) is 0 Å². The van der Waals surface area contributed by atoms with E-state index in [-0.39, 0.29) is 11.3 Å². The van der Waals surface area contributed by atoms with Crippen LogP contribution in [0.1, 0.15) is 52.7 Å². The molecule has 2 N–H and O–H groups in total. The topological polar surface area (TPSA) is 50.7 Å². The fraction of sp³-hybridized carbons (Fsp3) is 0.667. The van der Waals surface area contributed by atoms with Crippen molar-refractivity contribution in [3.05, 3.63) is 29.8 Å². The zero-order valence-electron chi connectivity index (χ0n) is 26.8. The lowest BCUT2D eigenvalue weighted by Gasteiger charge is -2.15. The van der Waals surface area contributed by atoms with Gasteiger partial charge in [0.1, 0.15) is 18.5 Å². The van der Waals surface area contributed by atoms with Crippen LogP contribution in [0, 0.1) is 5.92 Å². The van der Waals surface area contributed by atoms with Crippen LogP contribution in [0.25, 0.3) is 0 Å². The summed E-state index contributed by atoms with van der Waals surface area (Å²) in [6, 6.07) is 1.16. The first-order valence-corrected chi connectivity index (χ1v) is 6.78. The van der Waals surface area contributed by atoms with Crippen molar-refractivity contribution in [3.8, 4) is 5.75 Å². The molecule has 0 spiro atoms. The smallest absolute Gasteiger partial charge is 0.119 e. The van der Waals surface area contributed by atoms with Gasteiger partial charge in [-0.05, 0) is 42.8 Å².